The smallest absolute Gasteiger partial charge is 0.217 e. The van der Waals surface area contributed by atoms with E-state index in [4.69, 9.17) is 23.7 Å². The Bertz CT molecular complexity index is 745. The van der Waals surface area contributed by atoms with Crippen LogP contribution >= 0.6 is 0 Å². The largest absolute Gasteiger partial charge is 0.394 e. The van der Waals surface area contributed by atoms with Gasteiger partial charge in [0.1, 0.15) is 73.2 Å². The van der Waals surface area contributed by atoms with E-state index in [0.717, 1.165) is 6.92 Å². The Labute approximate surface area is 210 Å². The number of carbonyl (C=O) groups is 1. The van der Waals surface area contributed by atoms with Crippen molar-refractivity contribution in [2.75, 3.05) is 19.8 Å². The second kappa shape index (κ2) is 12.8. The Balaban J connectivity index is 1.80. The first-order chi connectivity index (χ1) is 17.4. The summed E-state index contributed by atoms with van der Waals surface area (Å²) >= 11 is 0. The van der Waals surface area contributed by atoms with E-state index in [2.05, 4.69) is 5.32 Å². The van der Waals surface area contributed by atoms with Gasteiger partial charge >= 0.3 is 0 Å². The highest BCUT2D eigenvalue weighted by Crippen LogP contribution is 2.32. The van der Waals surface area contributed by atoms with E-state index in [0.29, 0.717) is 0 Å². The summed E-state index contributed by atoms with van der Waals surface area (Å²) in [5, 5.41) is 103. The molecule has 0 radical (unpaired) electrons. The number of aliphatic hydroxyl groups excluding tert-OH is 10. The third-order valence-corrected chi connectivity index (χ3v) is 6.50. The van der Waals surface area contributed by atoms with Gasteiger partial charge in [-0.05, 0) is 0 Å². The Morgan fingerprint density at radius 1 is 0.649 bits per heavy atom. The van der Waals surface area contributed by atoms with Crippen LogP contribution in [0.1, 0.15) is 6.92 Å². The maximum atomic E-state index is 11.5. The molecular formula is C20H35NO16. The molecule has 15 atom stereocenters. The number of nitrogens with one attached hydrogen (secondary N) is 1. The van der Waals surface area contributed by atoms with Gasteiger partial charge in [0.25, 0.3) is 0 Å². The van der Waals surface area contributed by atoms with E-state index >= 15 is 0 Å². The topological polar surface area (TPSA) is 278 Å². The molecule has 17 heteroatoms. The van der Waals surface area contributed by atoms with Crippen molar-refractivity contribution in [3.8, 4) is 0 Å². The molecule has 1 unspecified atom stereocenters. The zero-order valence-corrected chi connectivity index (χ0v) is 19.7. The molecule has 3 aliphatic heterocycles. The highest BCUT2D eigenvalue weighted by molar-refractivity contribution is 5.73. The van der Waals surface area contributed by atoms with Crippen LogP contribution in [0.4, 0.5) is 0 Å². The van der Waals surface area contributed by atoms with Crippen molar-refractivity contribution in [1.82, 2.24) is 5.32 Å². The fourth-order valence-corrected chi connectivity index (χ4v) is 4.46. The number of hydrogen-bond donors (Lipinski definition) is 11. The fourth-order valence-electron chi connectivity index (χ4n) is 4.46. The zero-order chi connectivity index (χ0) is 27.6. The van der Waals surface area contributed by atoms with Crippen LogP contribution in [0.25, 0.3) is 0 Å². The molecule has 0 aliphatic carbocycles. The van der Waals surface area contributed by atoms with Gasteiger partial charge in [0.15, 0.2) is 18.9 Å². The van der Waals surface area contributed by atoms with Gasteiger partial charge in [-0.25, -0.2) is 0 Å². The van der Waals surface area contributed by atoms with Crippen molar-refractivity contribution in [1.29, 1.82) is 0 Å². The molecular weight excluding hydrogens is 510 g/mol. The average Bonchev–Trinajstić information content (AvgIpc) is 2.86. The first-order valence-corrected chi connectivity index (χ1v) is 11.6. The van der Waals surface area contributed by atoms with Gasteiger partial charge in [0, 0.05) is 6.92 Å². The number of carbonyl (C=O) groups excluding carboxylic acids is 1. The van der Waals surface area contributed by atoms with E-state index in [-0.39, 0.29) is 0 Å². The Hall–Kier alpha value is -1.13. The lowest BCUT2D eigenvalue weighted by atomic mass is 9.95. The summed E-state index contributed by atoms with van der Waals surface area (Å²) < 4.78 is 26.9. The van der Waals surface area contributed by atoms with E-state index in [9.17, 15) is 55.9 Å². The van der Waals surface area contributed by atoms with Crippen LogP contribution in [0.3, 0.4) is 0 Å². The third kappa shape index (κ3) is 6.38. The predicted octanol–water partition coefficient (Wildman–Crippen LogP) is -7.43. The highest BCUT2D eigenvalue weighted by Gasteiger charge is 2.53. The number of rotatable bonds is 8. The first-order valence-electron chi connectivity index (χ1n) is 11.6. The summed E-state index contributed by atoms with van der Waals surface area (Å²) in [6.45, 7) is -1.23. The van der Waals surface area contributed by atoms with Gasteiger partial charge in [-0.1, -0.05) is 0 Å². The second-order valence-electron chi connectivity index (χ2n) is 9.07. The van der Waals surface area contributed by atoms with E-state index < -0.39 is 118 Å². The number of amides is 1. The van der Waals surface area contributed by atoms with Crippen molar-refractivity contribution >= 4 is 5.91 Å². The predicted molar refractivity (Wildman–Crippen MR) is 113 cm³/mol. The molecule has 0 spiro atoms. The van der Waals surface area contributed by atoms with Crippen LogP contribution in [0.5, 0.6) is 0 Å². The summed E-state index contributed by atoms with van der Waals surface area (Å²) in [6.07, 6.45) is -23.4. The van der Waals surface area contributed by atoms with Crippen LogP contribution in [0.15, 0.2) is 0 Å². The lowest BCUT2D eigenvalue weighted by Gasteiger charge is -2.48. The molecule has 17 nitrogen and oxygen atoms in total. The minimum absolute atomic E-state index is 0.627. The summed E-state index contributed by atoms with van der Waals surface area (Å²) in [5.74, 6) is -0.627. The van der Waals surface area contributed by atoms with Crippen LogP contribution in [0, 0.1) is 0 Å². The Morgan fingerprint density at radius 3 is 1.70 bits per heavy atom. The van der Waals surface area contributed by atoms with Crippen molar-refractivity contribution in [3.05, 3.63) is 0 Å². The van der Waals surface area contributed by atoms with Crippen LogP contribution in [-0.2, 0) is 28.5 Å². The van der Waals surface area contributed by atoms with Crippen LogP contribution in [-0.4, -0.2) is 169 Å². The van der Waals surface area contributed by atoms with Gasteiger partial charge in [0.05, 0.1) is 19.8 Å². The molecule has 37 heavy (non-hydrogen) atoms. The summed E-state index contributed by atoms with van der Waals surface area (Å²) in [6, 6.07) is -1.40. The molecule has 0 aromatic carbocycles. The van der Waals surface area contributed by atoms with Crippen LogP contribution < -0.4 is 5.32 Å². The minimum Gasteiger partial charge on any atom is -0.394 e. The molecule has 0 aromatic rings. The molecule has 216 valence electrons. The molecule has 0 saturated carbocycles. The Morgan fingerprint density at radius 2 is 1.16 bits per heavy atom. The van der Waals surface area contributed by atoms with E-state index in [1.54, 1.807) is 0 Å². The second-order valence-corrected chi connectivity index (χ2v) is 9.07. The van der Waals surface area contributed by atoms with Crippen molar-refractivity contribution in [2.45, 2.75) is 99.0 Å². The summed E-state index contributed by atoms with van der Waals surface area (Å²) in [4.78, 5) is 11.5. The fraction of sp³-hybridized carbons (Fsp3) is 0.950. The van der Waals surface area contributed by atoms with Gasteiger partial charge in [0.2, 0.25) is 5.91 Å². The highest BCUT2D eigenvalue weighted by atomic mass is 16.7. The molecule has 3 fully saturated rings. The standard InChI is InChI=1S/C20H35NO16/c1-5(25)21-9-12(28)16(8(4-24)33-18(9)32)36-20-15(31)17(11(27)7(3-23)35-20)37-19-14(30)13(29)10(26)6(2-22)34-19/h6-20,22-24,26-32H,2-4H2,1H3,(H,21,25)/t6-,7-,8-,9-,10-,11-,12-,13+,14+,15+,16-,17+,18?,19-,20+/m1/s1. The van der Waals surface area contributed by atoms with Gasteiger partial charge < -0.3 is 80.1 Å². The van der Waals surface area contributed by atoms with E-state index in [1.165, 1.54) is 0 Å². The van der Waals surface area contributed by atoms with Gasteiger partial charge in [-0.15, -0.1) is 0 Å². The maximum Gasteiger partial charge on any atom is 0.217 e. The first kappa shape index (κ1) is 30.4. The summed E-state index contributed by atoms with van der Waals surface area (Å²) in [7, 11) is 0. The average molecular weight is 545 g/mol. The van der Waals surface area contributed by atoms with Gasteiger partial charge in [-0.2, -0.15) is 0 Å². The number of hydrogen-bond acceptors (Lipinski definition) is 16. The molecule has 1 amide bonds. The molecule has 0 aromatic heterocycles. The lowest BCUT2D eigenvalue weighted by molar-refractivity contribution is -0.375. The SMILES string of the molecule is CC(=O)N[C@H]1C(O)O[C@H](CO)[C@@H](O[C@@H]2O[C@H](CO)[C@@H](O)[C@H](O[C@H]3O[C@H](CO)[C@@H](O)[C@H](O)[C@@H]3O)[C@@H]2O)[C@@H]1O. The quantitative estimate of drug-likeness (QED) is 0.135. The molecule has 3 aliphatic rings. The van der Waals surface area contributed by atoms with Crippen molar-refractivity contribution < 1.29 is 79.5 Å². The van der Waals surface area contributed by atoms with Crippen molar-refractivity contribution in [3.63, 3.8) is 0 Å². The van der Waals surface area contributed by atoms with Crippen molar-refractivity contribution in [2.24, 2.45) is 0 Å². The molecule has 3 rings (SSSR count). The normalized spacial score (nSPS) is 49.0. The van der Waals surface area contributed by atoms with Gasteiger partial charge in [-0.3, -0.25) is 4.79 Å². The third-order valence-electron chi connectivity index (χ3n) is 6.50. The Kier molecular flexibility index (Phi) is 10.5. The number of aliphatic hydroxyl groups is 10. The zero-order valence-electron chi connectivity index (χ0n) is 19.7. The molecule has 0 bridgehead atoms. The molecule has 11 N–H and O–H groups in total. The molecule has 3 saturated heterocycles. The van der Waals surface area contributed by atoms with Crippen LogP contribution in [0.2, 0.25) is 0 Å². The minimum atomic E-state index is -1.91. The van der Waals surface area contributed by atoms with E-state index in [1.807, 2.05) is 0 Å². The maximum absolute atomic E-state index is 11.5. The lowest BCUT2D eigenvalue weighted by Crippen LogP contribution is -2.68. The summed E-state index contributed by atoms with van der Waals surface area (Å²) in [5.41, 5.74) is 0. The number of ether oxygens (including phenoxy) is 5. The molecule has 3 heterocycles. The monoisotopic (exact) mass is 545 g/mol.